The molecule has 0 aliphatic heterocycles. The summed E-state index contributed by atoms with van der Waals surface area (Å²) in [5, 5.41) is 8.83. The van der Waals surface area contributed by atoms with Gasteiger partial charge in [0.1, 0.15) is 0 Å². The standard InChI is InChI=1S/C9H11O2P/c1-12-8(9(10)11)7-5-3-2-4-6-7/h2-6,8,12H,1H3,(H,10,11). The molecule has 2 nitrogen and oxygen atoms in total. The molecular formula is C9H11O2P. The van der Waals surface area contributed by atoms with Crippen molar-refractivity contribution < 1.29 is 9.90 Å². The lowest BCUT2D eigenvalue weighted by molar-refractivity contribution is -0.136. The number of carboxylic acid groups (broad SMARTS) is 1. The Hall–Kier alpha value is -0.880. The molecule has 2 unspecified atom stereocenters. The van der Waals surface area contributed by atoms with E-state index in [4.69, 9.17) is 5.11 Å². The third-order valence-corrected chi connectivity index (χ3v) is 2.83. The van der Waals surface area contributed by atoms with E-state index in [1.54, 1.807) is 0 Å². The molecule has 1 N–H and O–H groups in total. The maximum absolute atomic E-state index is 10.7. The van der Waals surface area contributed by atoms with Crippen LogP contribution in [0.15, 0.2) is 30.3 Å². The van der Waals surface area contributed by atoms with E-state index in [0.29, 0.717) is 8.58 Å². The normalized spacial score (nSPS) is 13.4. The molecule has 1 aromatic carbocycles. The molecule has 0 amide bonds. The van der Waals surface area contributed by atoms with E-state index in [2.05, 4.69) is 0 Å². The van der Waals surface area contributed by atoms with Gasteiger partial charge in [0.15, 0.2) is 0 Å². The molecule has 0 bridgehead atoms. The first-order valence-corrected chi connectivity index (χ1v) is 5.28. The summed E-state index contributed by atoms with van der Waals surface area (Å²) in [6, 6.07) is 9.34. The van der Waals surface area contributed by atoms with Gasteiger partial charge in [-0.05, 0) is 12.2 Å². The Balaban J connectivity index is 2.88. The minimum absolute atomic E-state index is 0.328. The lowest BCUT2D eigenvalue weighted by Crippen LogP contribution is -2.05. The van der Waals surface area contributed by atoms with E-state index in [-0.39, 0.29) is 5.66 Å². The van der Waals surface area contributed by atoms with E-state index < -0.39 is 5.97 Å². The SMILES string of the molecule is CPC(C(=O)O)c1ccccc1. The number of aliphatic carboxylic acids is 1. The Kier molecular flexibility index (Phi) is 3.24. The summed E-state index contributed by atoms with van der Waals surface area (Å²) >= 11 is 0. The summed E-state index contributed by atoms with van der Waals surface area (Å²) in [5.74, 6) is -0.734. The van der Waals surface area contributed by atoms with Crippen LogP contribution in [0.1, 0.15) is 11.2 Å². The summed E-state index contributed by atoms with van der Waals surface area (Å²) in [7, 11) is 0.407. The molecule has 0 heterocycles. The number of rotatable bonds is 3. The second-order valence-electron chi connectivity index (χ2n) is 2.47. The molecule has 0 aliphatic rings. The van der Waals surface area contributed by atoms with E-state index in [0.717, 1.165) is 5.56 Å². The van der Waals surface area contributed by atoms with Gasteiger partial charge in [0, 0.05) is 0 Å². The van der Waals surface area contributed by atoms with Crippen LogP contribution in [0, 0.1) is 0 Å². The molecule has 1 aromatic rings. The maximum atomic E-state index is 10.7. The fourth-order valence-electron chi connectivity index (χ4n) is 1.08. The molecule has 0 aliphatic carbocycles. The number of benzene rings is 1. The zero-order valence-corrected chi connectivity index (χ0v) is 7.82. The van der Waals surface area contributed by atoms with E-state index in [9.17, 15) is 4.79 Å². The van der Waals surface area contributed by atoms with Crippen molar-refractivity contribution in [1.29, 1.82) is 0 Å². The number of hydrogen-bond acceptors (Lipinski definition) is 1. The van der Waals surface area contributed by atoms with Crippen molar-refractivity contribution in [3.63, 3.8) is 0 Å². The molecule has 0 aromatic heterocycles. The predicted molar refractivity (Wildman–Crippen MR) is 51.1 cm³/mol. The van der Waals surface area contributed by atoms with Crippen LogP contribution >= 0.6 is 8.58 Å². The van der Waals surface area contributed by atoms with Crippen molar-refractivity contribution in [2.75, 3.05) is 6.66 Å². The molecule has 0 spiro atoms. The van der Waals surface area contributed by atoms with Gasteiger partial charge in [-0.2, -0.15) is 0 Å². The zero-order chi connectivity index (χ0) is 8.97. The summed E-state index contributed by atoms with van der Waals surface area (Å²) in [6.07, 6.45) is 0. The Morgan fingerprint density at radius 2 is 2.00 bits per heavy atom. The van der Waals surface area contributed by atoms with Crippen molar-refractivity contribution in [2.45, 2.75) is 5.66 Å². The zero-order valence-electron chi connectivity index (χ0n) is 6.82. The Morgan fingerprint density at radius 3 is 2.42 bits per heavy atom. The van der Waals surface area contributed by atoms with Crippen LogP contribution in [-0.2, 0) is 4.79 Å². The molecule has 0 radical (unpaired) electrons. The van der Waals surface area contributed by atoms with E-state index in [1.807, 2.05) is 37.0 Å². The van der Waals surface area contributed by atoms with Gasteiger partial charge in [-0.25, -0.2) is 0 Å². The highest BCUT2D eigenvalue weighted by molar-refractivity contribution is 7.38. The largest absolute Gasteiger partial charge is 0.481 e. The highest BCUT2D eigenvalue weighted by Crippen LogP contribution is 2.31. The molecule has 2 atom stereocenters. The van der Waals surface area contributed by atoms with Gasteiger partial charge in [0.25, 0.3) is 0 Å². The van der Waals surface area contributed by atoms with Crippen LogP contribution in [0.25, 0.3) is 0 Å². The predicted octanol–water partition coefficient (Wildman–Crippen LogP) is 2.12. The Morgan fingerprint density at radius 1 is 1.42 bits per heavy atom. The number of carbonyl (C=O) groups is 1. The summed E-state index contributed by atoms with van der Waals surface area (Å²) in [6.45, 7) is 1.91. The van der Waals surface area contributed by atoms with Gasteiger partial charge in [0.2, 0.25) is 0 Å². The molecular weight excluding hydrogens is 171 g/mol. The lowest BCUT2D eigenvalue weighted by Gasteiger charge is -2.08. The van der Waals surface area contributed by atoms with Crippen LogP contribution in [0.2, 0.25) is 0 Å². The second-order valence-corrected chi connectivity index (χ2v) is 3.63. The molecule has 0 fully saturated rings. The fraction of sp³-hybridized carbons (Fsp3) is 0.222. The van der Waals surface area contributed by atoms with Crippen LogP contribution in [0.5, 0.6) is 0 Å². The van der Waals surface area contributed by atoms with Crippen molar-refractivity contribution in [2.24, 2.45) is 0 Å². The van der Waals surface area contributed by atoms with Crippen molar-refractivity contribution >= 4 is 14.6 Å². The van der Waals surface area contributed by atoms with Gasteiger partial charge in [-0.15, -0.1) is 8.58 Å². The van der Waals surface area contributed by atoms with E-state index >= 15 is 0 Å². The quantitative estimate of drug-likeness (QED) is 0.727. The molecule has 12 heavy (non-hydrogen) atoms. The highest BCUT2D eigenvalue weighted by atomic mass is 31.1. The minimum Gasteiger partial charge on any atom is -0.481 e. The second kappa shape index (κ2) is 4.22. The number of hydrogen-bond donors (Lipinski definition) is 1. The molecule has 1 rings (SSSR count). The molecule has 64 valence electrons. The Bertz CT molecular complexity index is 258. The maximum Gasteiger partial charge on any atom is 0.315 e. The summed E-state index contributed by atoms with van der Waals surface area (Å²) in [5.41, 5.74) is 0.567. The van der Waals surface area contributed by atoms with Gasteiger partial charge < -0.3 is 5.11 Å². The van der Waals surface area contributed by atoms with Crippen LogP contribution < -0.4 is 0 Å². The highest BCUT2D eigenvalue weighted by Gasteiger charge is 2.16. The van der Waals surface area contributed by atoms with Gasteiger partial charge in [-0.1, -0.05) is 30.3 Å². The Labute approximate surface area is 73.4 Å². The molecule has 3 heteroatoms. The van der Waals surface area contributed by atoms with Crippen LogP contribution in [0.4, 0.5) is 0 Å². The van der Waals surface area contributed by atoms with Gasteiger partial charge >= 0.3 is 5.97 Å². The minimum atomic E-state index is -0.734. The molecule has 0 saturated heterocycles. The average molecular weight is 182 g/mol. The number of carboxylic acids is 1. The van der Waals surface area contributed by atoms with Crippen LogP contribution in [0.3, 0.4) is 0 Å². The van der Waals surface area contributed by atoms with Gasteiger partial charge in [0.05, 0.1) is 5.66 Å². The average Bonchev–Trinajstić information content (AvgIpc) is 2.07. The van der Waals surface area contributed by atoms with Crippen molar-refractivity contribution in [3.05, 3.63) is 35.9 Å². The van der Waals surface area contributed by atoms with Crippen molar-refractivity contribution in [1.82, 2.24) is 0 Å². The monoisotopic (exact) mass is 182 g/mol. The third kappa shape index (κ3) is 2.05. The third-order valence-electron chi connectivity index (χ3n) is 1.67. The van der Waals surface area contributed by atoms with E-state index in [1.165, 1.54) is 0 Å². The first-order valence-electron chi connectivity index (χ1n) is 3.70. The molecule has 0 saturated carbocycles. The summed E-state index contributed by atoms with van der Waals surface area (Å²) < 4.78 is 0. The lowest BCUT2D eigenvalue weighted by atomic mass is 10.1. The fourth-order valence-corrected chi connectivity index (χ4v) is 1.85. The first-order chi connectivity index (χ1) is 5.75. The first kappa shape index (κ1) is 9.21. The van der Waals surface area contributed by atoms with Gasteiger partial charge in [-0.3, -0.25) is 4.79 Å². The summed E-state index contributed by atoms with van der Waals surface area (Å²) in [4.78, 5) is 10.7. The van der Waals surface area contributed by atoms with Crippen LogP contribution in [-0.4, -0.2) is 17.7 Å². The topological polar surface area (TPSA) is 37.3 Å². The van der Waals surface area contributed by atoms with Crippen molar-refractivity contribution in [3.8, 4) is 0 Å². The smallest absolute Gasteiger partial charge is 0.315 e.